The number of rotatable bonds is 3. The zero-order valence-corrected chi connectivity index (χ0v) is 11.8. The second kappa shape index (κ2) is 7.55. The van der Waals surface area contributed by atoms with Gasteiger partial charge >= 0.3 is 0 Å². The lowest BCUT2D eigenvalue weighted by Gasteiger charge is -2.31. The van der Waals surface area contributed by atoms with E-state index in [9.17, 15) is 4.79 Å². The summed E-state index contributed by atoms with van der Waals surface area (Å²) in [7, 11) is 0. The lowest BCUT2D eigenvalue weighted by atomic mass is 9.86. The summed E-state index contributed by atoms with van der Waals surface area (Å²) in [6.45, 7) is 2.33. The first kappa shape index (κ1) is 14.4. The highest BCUT2D eigenvalue weighted by Gasteiger charge is 2.29. The van der Waals surface area contributed by atoms with Gasteiger partial charge in [-0.2, -0.15) is 0 Å². The van der Waals surface area contributed by atoms with E-state index in [0.717, 1.165) is 38.8 Å². The van der Waals surface area contributed by atoms with Crippen molar-refractivity contribution in [1.29, 1.82) is 0 Å². The van der Waals surface area contributed by atoms with Gasteiger partial charge in [0.1, 0.15) is 6.61 Å². The maximum Gasteiger partial charge on any atom is 0.225 e. The van der Waals surface area contributed by atoms with Gasteiger partial charge in [-0.25, -0.2) is 0 Å². The van der Waals surface area contributed by atoms with Crippen LogP contribution in [0.25, 0.3) is 0 Å². The zero-order chi connectivity index (χ0) is 13.5. The van der Waals surface area contributed by atoms with Gasteiger partial charge in [0.2, 0.25) is 5.91 Å². The molecule has 1 aliphatic carbocycles. The van der Waals surface area contributed by atoms with Crippen LogP contribution in [0.15, 0.2) is 0 Å². The monoisotopic (exact) mass is 263 g/mol. The average molecular weight is 263 g/mol. The number of hydrogen-bond acceptors (Lipinski definition) is 2. The number of terminal acetylenes is 1. The minimum atomic E-state index is 0.226. The van der Waals surface area contributed by atoms with Crippen LogP contribution < -0.4 is 0 Å². The molecule has 0 bridgehead atoms. The highest BCUT2D eigenvalue weighted by atomic mass is 16.5. The first-order valence-electron chi connectivity index (χ1n) is 7.65. The summed E-state index contributed by atoms with van der Waals surface area (Å²) in [5.41, 5.74) is 0. The third-order valence-corrected chi connectivity index (χ3v) is 4.34. The summed E-state index contributed by atoms with van der Waals surface area (Å²) in [5.74, 6) is 3.12. The van der Waals surface area contributed by atoms with Gasteiger partial charge in [0.25, 0.3) is 0 Å². The number of carbonyl (C=O) groups is 1. The van der Waals surface area contributed by atoms with Crippen LogP contribution in [0.2, 0.25) is 0 Å². The summed E-state index contributed by atoms with van der Waals surface area (Å²) in [5, 5.41) is 0. The molecule has 3 nitrogen and oxygen atoms in total. The van der Waals surface area contributed by atoms with E-state index in [0.29, 0.717) is 12.5 Å². The number of hydrogen-bond donors (Lipinski definition) is 0. The van der Waals surface area contributed by atoms with Crippen molar-refractivity contribution in [1.82, 2.24) is 4.90 Å². The van der Waals surface area contributed by atoms with Crippen LogP contribution in [0.1, 0.15) is 51.4 Å². The molecule has 19 heavy (non-hydrogen) atoms. The molecule has 0 spiro atoms. The Labute approximate surface area is 116 Å². The van der Waals surface area contributed by atoms with Gasteiger partial charge in [-0.1, -0.05) is 18.8 Å². The van der Waals surface area contributed by atoms with Gasteiger partial charge in [-0.05, 0) is 38.5 Å². The number of carbonyl (C=O) groups excluding carboxylic acids is 1. The molecule has 0 radical (unpaired) electrons. The van der Waals surface area contributed by atoms with Crippen molar-refractivity contribution in [2.45, 2.75) is 57.5 Å². The van der Waals surface area contributed by atoms with Crippen LogP contribution in [0, 0.1) is 18.3 Å². The van der Waals surface area contributed by atoms with E-state index in [1.165, 1.54) is 25.7 Å². The van der Waals surface area contributed by atoms with E-state index >= 15 is 0 Å². The molecular weight excluding hydrogens is 238 g/mol. The molecule has 0 unspecified atom stereocenters. The van der Waals surface area contributed by atoms with Crippen LogP contribution in [-0.4, -0.2) is 36.6 Å². The standard InChI is InChI=1S/C16H25NO2/c1-2-13-19-15-9-7-14(8-10-15)16(18)17-11-5-3-4-6-12-17/h1,14-15H,3-13H2. The Morgan fingerprint density at radius 3 is 2.32 bits per heavy atom. The summed E-state index contributed by atoms with van der Waals surface area (Å²) in [6.07, 6.45) is 14.2. The number of nitrogens with zero attached hydrogens (tertiary/aromatic N) is 1. The van der Waals surface area contributed by atoms with E-state index in [4.69, 9.17) is 11.2 Å². The fourth-order valence-electron chi connectivity index (χ4n) is 3.19. The van der Waals surface area contributed by atoms with Crippen LogP contribution in [-0.2, 0) is 9.53 Å². The van der Waals surface area contributed by atoms with Gasteiger partial charge in [0.05, 0.1) is 6.10 Å². The van der Waals surface area contributed by atoms with Crippen molar-refractivity contribution in [3.8, 4) is 12.3 Å². The Kier molecular flexibility index (Phi) is 5.72. The Bertz CT molecular complexity index is 318. The van der Waals surface area contributed by atoms with E-state index in [1.54, 1.807) is 0 Å². The molecule has 2 fully saturated rings. The van der Waals surface area contributed by atoms with Gasteiger partial charge in [0, 0.05) is 19.0 Å². The first-order valence-corrected chi connectivity index (χ1v) is 7.65. The molecule has 106 valence electrons. The molecular formula is C16H25NO2. The molecule has 0 atom stereocenters. The molecule has 2 aliphatic rings. The predicted octanol–water partition coefficient (Wildman–Crippen LogP) is 2.60. The molecule has 1 aliphatic heterocycles. The molecule has 0 aromatic heterocycles. The number of ether oxygens (including phenoxy) is 1. The van der Waals surface area contributed by atoms with Crippen molar-refractivity contribution in [2.75, 3.05) is 19.7 Å². The Balaban J connectivity index is 1.77. The van der Waals surface area contributed by atoms with Gasteiger partial charge in [-0.3, -0.25) is 4.79 Å². The third-order valence-electron chi connectivity index (χ3n) is 4.34. The second-order valence-electron chi connectivity index (χ2n) is 5.73. The summed E-state index contributed by atoms with van der Waals surface area (Å²) >= 11 is 0. The van der Waals surface area contributed by atoms with Crippen molar-refractivity contribution in [3.63, 3.8) is 0 Å². The minimum absolute atomic E-state index is 0.226. The highest BCUT2D eigenvalue weighted by molar-refractivity contribution is 5.79. The summed E-state index contributed by atoms with van der Waals surface area (Å²) < 4.78 is 5.56. The van der Waals surface area contributed by atoms with Crippen molar-refractivity contribution in [3.05, 3.63) is 0 Å². The SMILES string of the molecule is C#CCOC1CCC(C(=O)N2CCCCCC2)CC1. The molecule has 0 aromatic carbocycles. The molecule has 1 heterocycles. The Hall–Kier alpha value is -1.01. The quantitative estimate of drug-likeness (QED) is 0.733. The Morgan fingerprint density at radius 1 is 1.11 bits per heavy atom. The van der Waals surface area contributed by atoms with Crippen molar-refractivity contribution >= 4 is 5.91 Å². The molecule has 3 heteroatoms. The molecule has 1 saturated heterocycles. The van der Waals surface area contributed by atoms with Gasteiger partial charge < -0.3 is 9.64 Å². The maximum absolute atomic E-state index is 12.5. The fourth-order valence-corrected chi connectivity index (χ4v) is 3.19. The third kappa shape index (κ3) is 4.24. The minimum Gasteiger partial charge on any atom is -0.366 e. The van der Waals surface area contributed by atoms with E-state index in [2.05, 4.69) is 10.8 Å². The molecule has 1 saturated carbocycles. The predicted molar refractivity (Wildman–Crippen MR) is 75.6 cm³/mol. The van der Waals surface area contributed by atoms with E-state index < -0.39 is 0 Å². The van der Waals surface area contributed by atoms with Crippen LogP contribution in [0.5, 0.6) is 0 Å². The van der Waals surface area contributed by atoms with Crippen LogP contribution in [0.4, 0.5) is 0 Å². The second-order valence-corrected chi connectivity index (χ2v) is 5.73. The van der Waals surface area contributed by atoms with Crippen molar-refractivity contribution in [2.24, 2.45) is 5.92 Å². The van der Waals surface area contributed by atoms with Crippen LogP contribution in [0.3, 0.4) is 0 Å². The number of amides is 1. The van der Waals surface area contributed by atoms with E-state index in [-0.39, 0.29) is 12.0 Å². The molecule has 0 aromatic rings. The van der Waals surface area contributed by atoms with Crippen molar-refractivity contribution < 1.29 is 9.53 Å². The summed E-state index contributed by atoms with van der Waals surface area (Å²) in [4.78, 5) is 14.6. The smallest absolute Gasteiger partial charge is 0.225 e. The molecule has 2 rings (SSSR count). The lowest BCUT2D eigenvalue weighted by Crippen LogP contribution is -2.39. The number of likely N-dealkylation sites (tertiary alicyclic amines) is 1. The van der Waals surface area contributed by atoms with Gasteiger partial charge in [-0.15, -0.1) is 6.42 Å². The normalized spacial score (nSPS) is 28.5. The zero-order valence-electron chi connectivity index (χ0n) is 11.8. The topological polar surface area (TPSA) is 29.5 Å². The molecule has 0 N–H and O–H groups in total. The Morgan fingerprint density at radius 2 is 1.74 bits per heavy atom. The highest BCUT2D eigenvalue weighted by Crippen LogP contribution is 2.28. The van der Waals surface area contributed by atoms with E-state index in [1.807, 2.05) is 0 Å². The summed E-state index contributed by atoms with van der Waals surface area (Å²) in [6, 6.07) is 0. The van der Waals surface area contributed by atoms with Crippen LogP contribution >= 0.6 is 0 Å². The lowest BCUT2D eigenvalue weighted by molar-refractivity contribution is -0.137. The fraction of sp³-hybridized carbons (Fsp3) is 0.812. The van der Waals surface area contributed by atoms with Gasteiger partial charge in [0.15, 0.2) is 0 Å². The maximum atomic E-state index is 12.5. The first-order chi connectivity index (χ1) is 9.31. The largest absolute Gasteiger partial charge is 0.366 e. The molecule has 1 amide bonds. The average Bonchev–Trinajstić information content (AvgIpc) is 2.74.